The summed E-state index contributed by atoms with van der Waals surface area (Å²) in [5.41, 5.74) is 1.16. The van der Waals surface area contributed by atoms with Gasteiger partial charge in [-0.05, 0) is 62.0 Å². The maximum Gasteiger partial charge on any atom is 0.264 e. The van der Waals surface area contributed by atoms with Gasteiger partial charge < -0.3 is 4.57 Å². The van der Waals surface area contributed by atoms with E-state index in [1.54, 1.807) is 29.2 Å². The Bertz CT molecular complexity index is 566. The molecule has 0 N–H and O–H groups in total. The molecule has 0 saturated heterocycles. The largest absolute Gasteiger partial charge is 0.313 e. The third-order valence-electron chi connectivity index (χ3n) is 2.40. The van der Waals surface area contributed by atoms with Crippen molar-refractivity contribution in [3.8, 4) is 0 Å². The van der Waals surface area contributed by atoms with Gasteiger partial charge in [0.2, 0.25) is 0 Å². The molecule has 2 aromatic rings. The first-order valence-electron chi connectivity index (χ1n) is 5.11. The number of aryl methyl sites for hydroxylation is 2. The lowest BCUT2D eigenvalue weighted by molar-refractivity contribution is 0.664. The summed E-state index contributed by atoms with van der Waals surface area (Å²) in [6.45, 7) is 0.654. The molecule has 0 fully saturated rings. The van der Waals surface area contributed by atoms with Gasteiger partial charge in [-0.25, -0.2) is 0 Å². The Morgan fingerprint density at radius 1 is 1.24 bits per heavy atom. The quantitative estimate of drug-likeness (QED) is 0.846. The molecule has 2 heterocycles. The molecule has 0 radical (unpaired) electrons. The Morgan fingerprint density at radius 2 is 1.94 bits per heavy atom. The van der Waals surface area contributed by atoms with Crippen LogP contribution in [0.3, 0.4) is 0 Å². The van der Waals surface area contributed by atoms with Crippen LogP contribution in [0.1, 0.15) is 5.56 Å². The minimum Gasteiger partial charge on any atom is -0.313 e. The molecular weight excluding hydrogens is 348 g/mol. The van der Waals surface area contributed by atoms with E-state index < -0.39 is 0 Å². The molecule has 0 amide bonds. The highest BCUT2D eigenvalue weighted by Gasteiger charge is 2.03. The highest BCUT2D eigenvalue weighted by atomic mass is 79.9. The highest BCUT2D eigenvalue weighted by Crippen LogP contribution is 2.13. The molecule has 2 rings (SSSR count). The van der Waals surface area contributed by atoms with Gasteiger partial charge in [-0.1, -0.05) is 0 Å². The third-order valence-corrected chi connectivity index (χ3v) is 3.40. The predicted molar refractivity (Wildman–Crippen MR) is 74.0 cm³/mol. The second kappa shape index (κ2) is 5.60. The summed E-state index contributed by atoms with van der Waals surface area (Å²) < 4.78 is 3.15. The molecule has 5 heteroatoms. The van der Waals surface area contributed by atoms with Crippen LogP contribution in [0.15, 0.2) is 50.5 Å². The number of nitrogens with zero attached hydrogens (tertiary/aromatic N) is 2. The Hall–Kier alpha value is -0.940. The first-order chi connectivity index (χ1) is 8.16. The number of pyridine rings is 2. The summed E-state index contributed by atoms with van der Waals surface area (Å²) in [6.07, 6.45) is 6.13. The number of halogens is 2. The lowest BCUT2D eigenvalue weighted by atomic mass is 10.2. The maximum absolute atomic E-state index is 11.8. The van der Waals surface area contributed by atoms with E-state index in [0.717, 1.165) is 10.9 Å². The lowest BCUT2D eigenvalue weighted by Crippen LogP contribution is -2.21. The number of rotatable bonds is 3. The molecule has 3 nitrogen and oxygen atoms in total. The van der Waals surface area contributed by atoms with Crippen LogP contribution in [0.2, 0.25) is 0 Å². The van der Waals surface area contributed by atoms with Crippen LogP contribution in [0.5, 0.6) is 0 Å². The smallest absolute Gasteiger partial charge is 0.264 e. The molecule has 0 aliphatic rings. The van der Waals surface area contributed by atoms with Crippen LogP contribution in [-0.2, 0) is 13.0 Å². The molecule has 0 bridgehead atoms. The summed E-state index contributed by atoms with van der Waals surface area (Å²) in [5.74, 6) is 0. The normalized spacial score (nSPS) is 10.5. The molecule has 0 atom stereocenters. The third kappa shape index (κ3) is 3.26. The first-order valence-corrected chi connectivity index (χ1v) is 6.70. The van der Waals surface area contributed by atoms with Crippen molar-refractivity contribution < 1.29 is 0 Å². The molecule has 0 aromatic carbocycles. The van der Waals surface area contributed by atoms with Crippen molar-refractivity contribution in [1.82, 2.24) is 9.55 Å². The topological polar surface area (TPSA) is 34.9 Å². The van der Waals surface area contributed by atoms with Crippen molar-refractivity contribution in [1.29, 1.82) is 0 Å². The van der Waals surface area contributed by atoms with Crippen LogP contribution in [0.4, 0.5) is 0 Å². The summed E-state index contributed by atoms with van der Waals surface area (Å²) in [4.78, 5) is 15.8. The van der Waals surface area contributed by atoms with Crippen molar-refractivity contribution in [2.75, 3.05) is 0 Å². The van der Waals surface area contributed by atoms with E-state index in [-0.39, 0.29) is 5.56 Å². The zero-order valence-electron chi connectivity index (χ0n) is 8.94. The number of hydrogen-bond donors (Lipinski definition) is 0. The second-order valence-corrected chi connectivity index (χ2v) is 5.38. The fourth-order valence-electron chi connectivity index (χ4n) is 1.53. The zero-order valence-corrected chi connectivity index (χ0v) is 12.1. The summed E-state index contributed by atoms with van der Waals surface area (Å²) in [7, 11) is 0. The molecular formula is C12H10Br2N2O. The summed E-state index contributed by atoms with van der Waals surface area (Å²) >= 11 is 6.62. The Morgan fingerprint density at radius 3 is 2.65 bits per heavy atom. The lowest BCUT2D eigenvalue weighted by Gasteiger charge is -2.07. The second-order valence-electron chi connectivity index (χ2n) is 3.61. The molecule has 2 aromatic heterocycles. The fourth-order valence-corrected chi connectivity index (χ4v) is 2.79. The zero-order chi connectivity index (χ0) is 12.3. The molecule has 0 unspecified atom stereocenters. The summed E-state index contributed by atoms with van der Waals surface area (Å²) in [5, 5.41) is 0. The van der Waals surface area contributed by atoms with Gasteiger partial charge in [0.1, 0.15) is 0 Å². The SMILES string of the molecule is O=c1c(Br)cc(Br)cn1CCc1ccncc1. The average Bonchev–Trinajstić information content (AvgIpc) is 2.33. The maximum atomic E-state index is 11.8. The predicted octanol–water partition coefficient (Wildman–Crippen LogP) is 3.01. The van der Waals surface area contributed by atoms with Crippen molar-refractivity contribution in [2.45, 2.75) is 13.0 Å². The standard InChI is InChI=1S/C12H10Br2N2O/c13-10-7-11(14)12(17)16(8-10)6-3-9-1-4-15-5-2-9/h1-2,4-5,7-8H,3,6H2. The average molecular weight is 358 g/mol. The van der Waals surface area contributed by atoms with Gasteiger partial charge in [-0.2, -0.15) is 0 Å². The molecule has 0 saturated carbocycles. The molecule has 0 aliphatic heterocycles. The monoisotopic (exact) mass is 356 g/mol. The van der Waals surface area contributed by atoms with Gasteiger partial charge in [0, 0.05) is 29.6 Å². The Labute approximate surface area is 116 Å². The van der Waals surface area contributed by atoms with Gasteiger partial charge in [0.15, 0.2) is 0 Å². The van der Waals surface area contributed by atoms with Crippen molar-refractivity contribution in [3.05, 3.63) is 61.7 Å². The van der Waals surface area contributed by atoms with E-state index in [2.05, 4.69) is 36.8 Å². The van der Waals surface area contributed by atoms with Crippen LogP contribution < -0.4 is 5.56 Å². The van der Waals surface area contributed by atoms with Crippen LogP contribution in [0, 0.1) is 0 Å². The van der Waals surface area contributed by atoms with E-state index in [4.69, 9.17) is 0 Å². The summed E-state index contributed by atoms with van der Waals surface area (Å²) in [6, 6.07) is 5.67. The van der Waals surface area contributed by atoms with Gasteiger partial charge in [-0.3, -0.25) is 9.78 Å². The number of hydrogen-bond acceptors (Lipinski definition) is 2. The van der Waals surface area contributed by atoms with Crippen molar-refractivity contribution in [2.24, 2.45) is 0 Å². The van der Waals surface area contributed by atoms with E-state index in [1.165, 1.54) is 5.56 Å². The molecule has 0 aliphatic carbocycles. The molecule has 0 spiro atoms. The van der Waals surface area contributed by atoms with Gasteiger partial charge in [-0.15, -0.1) is 0 Å². The molecule has 17 heavy (non-hydrogen) atoms. The van der Waals surface area contributed by atoms with Gasteiger partial charge >= 0.3 is 0 Å². The van der Waals surface area contributed by atoms with Gasteiger partial charge in [0.05, 0.1) is 4.47 Å². The van der Waals surface area contributed by atoms with Crippen molar-refractivity contribution in [3.63, 3.8) is 0 Å². The minimum atomic E-state index is -0.0118. The van der Waals surface area contributed by atoms with Crippen LogP contribution >= 0.6 is 31.9 Å². The van der Waals surface area contributed by atoms with Crippen molar-refractivity contribution >= 4 is 31.9 Å². The van der Waals surface area contributed by atoms with E-state index in [1.807, 2.05) is 12.1 Å². The molecule has 88 valence electrons. The van der Waals surface area contributed by atoms with Crippen LogP contribution in [-0.4, -0.2) is 9.55 Å². The van der Waals surface area contributed by atoms with Gasteiger partial charge in [0.25, 0.3) is 5.56 Å². The van der Waals surface area contributed by atoms with E-state index in [9.17, 15) is 4.79 Å². The van der Waals surface area contributed by atoms with E-state index in [0.29, 0.717) is 11.0 Å². The Kier molecular flexibility index (Phi) is 4.12. The minimum absolute atomic E-state index is 0.0118. The van der Waals surface area contributed by atoms with Crippen LogP contribution in [0.25, 0.3) is 0 Å². The highest BCUT2D eigenvalue weighted by molar-refractivity contribution is 9.11. The first kappa shape index (κ1) is 12.5. The Balaban J connectivity index is 2.17. The van der Waals surface area contributed by atoms with E-state index >= 15 is 0 Å². The number of aromatic nitrogens is 2. The fraction of sp³-hybridized carbons (Fsp3) is 0.167.